The van der Waals surface area contributed by atoms with Crippen molar-refractivity contribution in [2.75, 3.05) is 13.2 Å². The molecule has 138 valence electrons. The van der Waals surface area contributed by atoms with E-state index in [1.54, 1.807) is 4.57 Å². The van der Waals surface area contributed by atoms with Crippen LogP contribution in [0.3, 0.4) is 0 Å². The van der Waals surface area contributed by atoms with E-state index in [0.29, 0.717) is 30.5 Å². The van der Waals surface area contributed by atoms with E-state index in [2.05, 4.69) is 0 Å². The molecule has 2 heterocycles. The summed E-state index contributed by atoms with van der Waals surface area (Å²) in [5, 5.41) is 1.68. The number of benzene rings is 2. The van der Waals surface area contributed by atoms with Gasteiger partial charge in [0.05, 0.1) is 5.52 Å². The van der Waals surface area contributed by atoms with E-state index in [-0.39, 0.29) is 5.56 Å². The van der Waals surface area contributed by atoms with Crippen molar-refractivity contribution in [3.8, 4) is 11.5 Å². The summed E-state index contributed by atoms with van der Waals surface area (Å²) in [4.78, 5) is 12.9. The molecule has 0 amide bonds. The van der Waals surface area contributed by atoms with Gasteiger partial charge in [-0.15, -0.1) is 0 Å². The van der Waals surface area contributed by atoms with Crippen LogP contribution in [0.1, 0.15) is 18.1 Å². The van der Waals surface area contributed by atoms with Gasteiger partial charge in [0.2, 0.25) is 0 Å². The van der Waals surface area contributed by atoms with Crippen LogP contribution >= 0.6 is 11.6 Å². The zero-order valence-corrected chi connectivity index (χ0v) is 16.0. The summed E-state index contributed by atoms with van der Waals surface area (Å²) in [6.45, 7) is 5.24. The normalized spacial score (nSPS) is 13.1. The molecule has 0 aliphatic carbocycles. The first-order valence-electron chi connectivity index (χ1n) is 8.97. The van der Waals surface area contributed by atoms with Crippen LogP contribution in [-0.4, -0.2) is 17.8 Å². The highest BCUT2D eigenvalue weighted by Gasteiger charge is 2.23. The summed E-state index contributed by atoms with van der Waals surface area (Å²) in [5.74, 6) is 1.18. The lowest BCUT2D eigenvalue weighted by Crippen LogP contribution is -2.26. The number of ether oxygens (including phenoxy) is 2. The molecule has 0 fully saturated rings. The summed E-state index contributed by atoms with van der Waals surface area (Å²) in [6, 6.07) is 13.5. The molecule has 1 aliphatic rings. The predicted molar refractivity (Wildman–Crippen MR) is 109 cm³/mol. The Kier molecular flexibility index (Phi) is 4.66. The Bertz CT molecular complexity index is 1110. The highest BCUT2D eigenvalue weighted by Crippen LogP contribution is 2.34. The van der Waals surface area contributed by atoms with Gasteiger partial charge in [0.1, 0.15) is 19.0 Å². The first-order chi connectivity index (χ1) is 13.1. The first-order valence-corrected chi connectivity index (χ1v) is 9.34. The second-order valence-electron chi connectivity index (χ2n) is 6.51. The number of hydrogen-bond donors (Lipinski definition) is 0. The third kappa shape index (κ3) is 3.10. The number of aromatic nitrogens is 1. The second kappa shape index (κ2) is 7.12. The van der Waals surface area contributed by atoms with Gasteiger partial charge in [-0.2, -0.15) is 0 Å². The fraction of sp³-hybridized carbons (Fsp3) is 0.227. The molecule has 3 aromatic rings. The molecule has 2 aromatic carbocycles. The molecule has 0 radical (unpaired) electrons. The van der Waals surface area contributed by atoms with Crippen molar-refractivity contribution in [3.05, 3.63) is 75.0 Å². The van der Waals surface area contributed by atoms with Crippen molar-refractivity contribution in [3.63, 3.8) is 0 Å². The van der Waals surface area contributed by atoms with Crippen molar-refractivity contribution < 1.29 is 9.47 Å². The summed E-state index contributed by atoms with van der Waals surface area (Å²) in [5.41, 5.74) is 3.57. The van der Waals surface area contributed by atoms with E-state index in [1.165, 1.54) is 0 Å². The lowest BCUT2D eigenvalue weighted by molar-refractivity contribution is 0.337. The average Bonchev–Trinajstić information content (AvgIpc) is 2.68. The molecule has 4 rings (SSSR count). The molecule has 0 atom stereocenters. The van der Waals surface area contributed by atoms with Crippen LogP contribution in [0, 0.1) is 6.92 Å². The van der Waals surface area contributed by atoms with E-state index >= 15 is 0 Å². The van der Waals surface area contributed by atoms with Gasteiger partial charge in [-0.25, -0.2) is 0 Å². The third-order valence-corrected chi connectivity index (χ3v) is 5.08. The highest BCUT2D eigenvalue weighted by atomic mass is 35.5. The Balaban J connectivity index is 1.78. The van der Waals surface area contributed by atoms with Gasteiger partial charge in [0, 0.05) is 28.1 Å². The largest absolute Gasteiger partial charge is 0.489 e. The fourth-order valence-corrected chi connectivity index (χ4v) is 3.76. The maximum absolute atomic E-state index is 12.9. The SMILES string of the molecule is CCn1c(=O)c2c(c3ccccc31)C(COc1ccc(Cl)cc1C)=CCO2. The van der Waals surface area contributed by atoms with Crippen LogP contribution < -0.4 is 15.0 Å². The van der Waals surface area contributed by atoms with E-state index in [0.717, 1.165) is 33.4 Å². The molecule has 4 nitrogen and oxygen atoms in total. The van der Waals surface area contributed by atoms with E-state index in [1.807, 2.05) is 62.4 Å². The molecule has 0 bridgehead atoms. The topological polar surface area (TPSA) is 40.5 Å². The molecule has 1 aliphatic heterocycles. The maximum atomic E-state index is 12.9. The van der Waals surface area contributed by atoms with E-state index in [4.69, 9.17) is 21.1 Å². The summed E-state index contributed by atoms with van der Waals surface area (Å²) < 4.78 is 13.5. The molecule has 0 unspecified atom stereocenters. The Morgan fingerprint density at radius 1 is 1.22 bits per heavy atom. The summed E-state index contributed by atoms with van der Waals surface area (Å²) in [7, 11) is 0. The van der Waals surface area contributed by atoms with Crippen molar-refractivity contribution in [1.82, 2.24) is 4.57 Å². The minimum atomic E-state index is -0.0977. The predicted octanol–water partition coefficient (Wildman–Crippen LogP) is 4.84. The van der Waals surface area contributed by atoms with Crippen molar-refractivity contribution in [1.29, 1.82) is 0 Å². The number of hydrogen-bond acceptors (Lipinski definition) is 3. The molecule has 0 saturated heterocycles. The number of fused-ring (bicyclic) bond motifs is 3. The second-order valence-corrected chi connectivity index (χ2v) is 6.95. The van der Waals surface area contributed by atoms with E-state index < -0.39 is 0 Å². The Hall–Kier alpha value is -2.72. The molecular formula is C22H20ClNO3. The molecule has 0 saturated carbocycles. The van der Waals surface area contributed by atoms with Gasteiger partial charge in [-0.05, 0) is 49.8 Å². The van der Waals surface area contributed by atoms with Gasteiger partial charge < -0.3 is 14.0 Å². The molecular weight excluding hydrogens is 362 g/mol. The van der Waals surface area contributed by atoms with Gasteiger partial charge in [-0.1, -0.05) is 29.8 Å². The zero-order valence-electron chi connectivity index (χ0n) is 15.3. The minimum absolute atomic E-state index is 0.0977. The number of pyridine rings is 1. The number of para-hydroxylation sites is 1. The number of aryl methyl sites for hydroxylation is 2. The van der Waals surface area contributed by atoms with Crippen LogP contribution in [-0.2, 0) is 6.54 Å². The Labute approximate surface area is 162 Å². The third-order valence-electron chi connectivity index (χ3n) is 4.85. The fourth-order valence-electron chi connectivity index (χ4n) is 3.54. The number of halogens is 1. The van der Waals surface area contributed by atoms with Crippen LogP contribution in [0.15, 0.2) is 53.3 Å². The molecule has 0 spiro atoms. The molecule has 27 heavy (non-hydrogen) atoms. The van der Waals surface area contributed by atoms with Gasteiger partial charge in [0.25, 0.3) is 5.56 Å². The highest BCUT2D eigenvalue weighted by molar-refractivity contribution is 6.30. The smallest absolute Gasteiger partial charge is 0.294 e. The van der Waals surface area contributed by atoms with Crippen LogP contribution in [0.5, 0.6) is 11.5 Å². The number of nitrogens with zero attached hydrogens (tertiary/aromatic N) is 1. The summed E-state index contributed by atoms with van der Waals surface area (Å²) >= 11 is 6.02. The first kappa shape index (κ1) is 17.7. The molecule has 5 heteroatoms. The lowest BCUT2D eigenvalue weighted by atomic mass is 9.98. The van der Waals surface area contributed by atoms with Crippen molar-refractivity contribution in [2.24, 2.45) is 0 Å². The van der Waals surface area contributed by atoms with Crippen LogP contribution in [0.2, 0.25) is 5.02 Å². The van der Waals surface area contributed by atoms with Crippen molar-refractivity contribution in [2.45, 2.75) is 20.4 Å². The Morgan fingerprint density at radius 3 is 2.81 bits per heavy atom. The van der Waals surface area contributed by atoms with Crippen LogP contribution in [0.4, 0.5) is 0 Å². The summed E-state index contributed by atoms with van der Waals surface area (Å²) in [6.07, 6.45) is 1.98. The number of rotatable bonds is 4. The quantitative estimate of drug-likeness (QED) is 0.649. The maximum Gasteiger partial charge on any atom is 0.294 e. The average molecular weight is 382 g/mol. The van der Waals surface area contributed by atoms with Gasteiger partial charge >= 0.3 is 0 Å². The van der Waals surface area contributed by atoms with Crippen molar-refractivity contribution >= 4 is 28.1 Å². The van der Waals surface area contributed by atoms with Gasteiger partial charge in [-0.3, -0.25) is 4.79 Å². The minimum Gasteiger partial charge on any atom is -0.489 e. The lowest BCUT2D eigenvalue weighted by Gasteiger charge is -2.22. The van der Waals surface area contributed by atoms with E-state index in [9.17, 15) is 4.79 Å². The van der Waals surface area contributed by atoms with Gasteiger partial charge in [0.15, 0.2) is 5.75 Å². The molecule has 0 N–H and O–H groups in total. The zero-order chi connectivity index (χ0) is 19.0. The Morgan fingerprint density at radius 2 is 2.04 bits per heavy atom. The monoisotopic (exact) mass is 381 g/mol. The molecule has 1 aromatic heterocycles. The van der Waals surface area contributed by atoms with Crippen LogP contribution in [0.25, 0.3) is 16.5 Å². The standard InChI is InChI=1S/C22H20ClNO3/c1-3-24-18-7-5-4-6-17(18)20-15(10-11-26-21(20)22(24)25)13-27-19-9-8-16(23)12-14(19)2/h4-10,12H,3,11,13H2,1-2H3.